The van der Waals surface area contributed by atoms with Gasteiger partial charge in [0.2, 0.25) is 0 Å². The molecular formula is C10H9ClFN. The highest BCUT2D eigenvalue weighted by Gasteiger charge is 1.95. The van der Waals surface area contributed by atoms with Crippen molar-refractivity contribution in [3.05, 3.63) is 41.8 Å². The van der Waals surface area contributed by atoms with Crippen molar-refractivity contribution in [3.8, 4) is 0 Å². The predicted molar refractivity (Wildman–Crippen MR) is 53.7 cm³/mol. The molecule has 0 amide bonds. The number of aromatic nitrogens is 1. The van der Waals surface area contributed by atoms with Crippen molar-refractivity contribution in [2.45, 2.75) is 6.92 Å². The van der Waals surface area contributed by atoms with Crippen molar-refractivity contribution in [1.29, 1.82) is 0 Å². The highest BCUT2D eigenvalue weighted by atomic mass is 35.5. The molecule has 0 radical (unpaired) electrons. The quantitative estimate of drug-likeness (QED) is 0.633. The fourth-order valence-corrected chi connectivity index (χ4v) is 1.20. The number of fused-ring (bicyclic) bond motifs is 1. The van der Waals surface area contributed by atoms with Gasteiger partial charge in [0.05, 0.1) is 5.52 Å². The Morgan fingerprint density at radius 3 is 2.69 bits per heavy atom. The Kier molecular flexibility index (Phi) is 2.83. The van der Waals surface area contributed by atoms with E-state index in [1.807, 2.05) is 19.1 Å². The van der Waals surface area contributed by atoms with E-state index in [1.165, 1.54) is 12.1 Å². The van der Waals surface area contributed by atoms with Crippen LogP contribution in [-0.2, 0) is 0 Å². The molecule has 0 N–H and O–H groups in total. The van der Waals surface area contributed by atoms with Crippen LogP contribution in [0.4, 0.5) is 4.39 Å². The van der Waals surface area contributed by atoms with E-state index in [4.69, 9.17) is 0 Å². The van der Waals surface area contributed by atoms with E-state index in [-0.39, 0.29) is 18.2 Å². The molecule has 13 heavy (non-hydrogen) atoms. The number of nitrogens with zero attached hydrogens (tertiary/aromatic N) is 1. The van der Waals surface area contributed by atoms with Crippen LogP contribution in [0.5, 0.6) is 0 Å². The smallest absolute Gasteiger partial charge is 0.123 e. The van der Waals surface area contributed by atoms with Crippen LogP contribution in [0.2, 0.25) is 0 Å². The van der Waals surface area contributed by atoms with Gasteiger partial charge in [-0.2, -0.15) is 0 Å². The van der Waals surface area contributed by atoms with E-state index in [0.29, 0.717) is 0 Å². The van der Waals surface area contributed by atoms with E-state index in [0.717, 1.165) is 16.6 Å². The maximum absolute atomic E-state index is 12.7. The molecule has 0 bridgehead atoms. The number of pyridine rings is 1. The van der Waals surface area contributed by atoms with Gasteiger partial charge in [-0.05, 0) is 31.2 Å². The number of rotatable bonds is 0. The first-order chi connectivity index (χ1) is 5.75. The van der Waals surface area contributed by atoms with Crippen molar-refractivity contribution >= 4 is 23.3 Å². The lowest BCUT2D eigenvalue weighted by molar-refractivity contribution is 0.629. The highest BCUT2D eigenvalue weighted by molar-refractivity contribution is 5.85. The van der Waals surface area contributed by atoms with Crippen molar-refractivity contribution in [1.82, 2.24) is 4.98 Å². The Hall–Kier alpha value is -1.15. The Balaban J connectivity index is 0.000000845. The topological polar surface area (TPSA) is 12.9 Å². The van der Waals surface area contributed by atoms with Crippen molar-refractivity contribution in [3.63, 3.8) is 0 Å². The third-order valence-electron chi connectivity index (χ3n) is 1.79. The first-order valence-corrected chi connectivity index (χ1v) is 3.78. The summed E-state index contributed by atoms with van der Waals surface area (Å²) in [6.07, 6.45) is 0. The zero-order chi connectivity index (χ0) is 8.55. The van der Waals surface area contributed by atoms with Crippen LogP contribution in [0, 0.1) is 12.7 Å². The van der Waals surface area contributed by atoms with Gasteiger partial charge in [-0.15, -0.1) is 12.4 Å². The summed E-state index contributed by atoms with van der Waals surface area (Å²) in [5, 5.41) is 0.848. The first kappa shape index (κ1) is 9.93. The minimum Gasteiger partial charge on any atom is -0.253 e. The second-order valence-corrected chi connectivity index (χ2v) is 2.79. The van der Waals surface area contributed by atoms with Crippen LogP contribution in [-0.4, -0.2) is 4.98 Å². The molecule has 0 saturated heterocycles. The molecule has 1 heterocycles. The maximum Gasteiger partial charge on any atom is 0.123 e. The minimum absolute atomic E-state index is 0. The van der Waals surface area contributed by atoms with Crippen molar-refractivity contribution < 1.29 is 4.39 Å². The Bertz CT molecular complexity index is 387. The van der Waals surface area contributed by atoms with Gasteiger partial charge in [-0.1, -0.05) is 6.07 Å². The summed E-state index contributed by atoms with van der Waals surface area (Å²) < 4.78 is 12.7. The Morgan fingerprint density at radius 2 is 1.92 bits per heavy atom. The molecular weight excluding hydrogens is 189 g/mol. The SMILES string of the molecule is Cc1ccc2cc(F)ccc2n1.Cl. The van der Waals surface area contributed by atoms with E-state index in [1.54, 1.807) is 6.07 Å². The van der Waals surface area contributed by atoms with Gasteiger partial charge in [0.1, 0.15) is 5.82 Å². The minimum atomic E-state index is -0.215. The number of aryl methyl sites for hydroxylation is 1. The van der Waals surface area contributed by atoms with E-state index in [2.05, 4.69) is 4.98 Å². The molecule has 0 aliphatic carbocycles. The van der Waals surface area contributed by atoms with Crippen LogP contribution in [0.15, 0.2) is 30.3 Å². The van der Waals surface area contributed by atoms with Gasteiger partial charge in [0.15, 0.2) is 0 Å². The zero-order valence-corrected chi connectivity index (χ0v) is 7.94. The summed E-state index contributed by atoms with van der Waals surface area (Å²) in [7, 11) is 0. The molecule has 1 aromatic heterocycles. The number of benzene rings is 1. The average molecular weight is 198 g/mol. The number of hydrogen-bond acceptors (Lipinski definition) is 1. The fourth-order valence-electron chi connectivity index (χ4n) is 1.20. The molecule has 68 valence electrons. The summed E-state index contributed by atoms with van der Waals surface area (Å²) in [6.45, 7) is 1.92. The third kappa shape index (κ3) is 1.95. The molecule has 1 aromatic carbocycles. The van der Waals surface area contributed by atoms with Gasteiger partial charge in [-0.25, -0.2) is 4.39 Å². The summed E-state index contributed by atoms with van der Waals surface area (Å²) in [5.74, 6) is -0.215. The molecule has 1 nitrogen and oxygen atoms in total. The van der Waals surface area contributed by atoms with E-state index < -0.39 is 0 Å². The van der Waals surface area contributed by atoms with Crippen LogP contribution in [0.3, 0.4) is 0 Å². The van der Waals surface area contributed by atoms with Crippen molar-refractivity contribution in [2.24, 2.45) is 0 Å². The number of halogens is 2. The second-order valence-electron chi connectivity index (χ2n) is 2.79. The molecule has 0 aliphatic rings. The van der Waals surface area contributed by atoms with Gasteiger partial charge < -0.3 is 0 Å². The molecule has 0 atom stereocenters. The van der Waals surface area contributed by atoms with Crippen LogP contribution >= 0.6 is 12.4 Å². The highest BCUT2D eigenvalue weighted by Crippen LogP contribution is 2.13. The van der Waals surface area contributed by atoms with Gasteiger partial charge in [0.25, 0.3) is 0 Å². The molecule has 2 aromatic rings. The first-order valence-electron chi connectivity index (χ1n) is 3.78. The number of hydrogen-bond donors (Lipinski definition) is 0. The Labute approximate surface area is 82.0 Å². The van der Waals surface area contributed by atoms with Crippen LogP contribution in [0.25, 0.3) is 10.9 Å². The fraction of sp³-hybridized carbons (Fsp3) is 0.100. The van der Waals surface area contributed by atoms with Gasteiger partial charge in [-0.3, -0.25) is 4.98 Å². The summed E-state index contributed by atoms with van der Waals surface area (Å²) >= 11 is 0. The normalized spacial score (nSPS) is 9.69. The Morgan fingerprint density at radius 1 is 1.15 bits per heavy atom. The summed E-state index contributed by atoms with van der Waals surface area (Å²) in [4.78, 5) is 4.25. The van der Waals surface area contributed by atoms with E-state index in [9.17, 15) is 4.39 Å². The monoisotopic (exact) mass is 197 g/mol. The van der Waals surface area contributed by atoms with E-state index >= 15 is 0 Å². The standard InChI is InChI=1S/C10H8FN.ClH/c1-7-2-3-8-6-9(11)4-5-10(8)12-7;/h2-6H,1H3;1H. The lowest BCUT2D eigenvalue weighted by atomic mass is 10.2. The largest absolute Gasteiger partial charge is 0.253 e. The lowest BCUT2D eigenvalue weighted by Gasteiger charge is -1.97. The summed E-state index contributed by atoms with van der Waals surface area (Å²) in [6, 6.07) is 8.36. The van der Waals surface area contributed by atoms with Crippen LogP contribution in [0.1, 0.15) is 5.69 Å². The zero-order valence-electron chi connectivity index (χ0n) is 7.12. The predicted octanol–water partition coefficient (Wildman–Crippen LogP) is 3.10. The molecule has 0 fully saturated rings. The molecule has 0 spiro atoms. The summed E-state index contributed by atoms with van der Waals surface area (Å²) in [5.41, 5.74) is 1.80. The molecule has 3 heteroatoms. The average Bonchev–Trinajstić information content (AvgIpc) is 2.05. The lowest BCUT2D eigenvalue weighted by Crippen LogP contribution is -1.83. The van der Waals surface area contributed by atoms with Crippen LogP contribution < -0.4 is 0 Å². The van der Waals surface area contributed by atoms with Crippen molar-refractivity contribution in [2.75, 3.05) is 0 Å². The third-order valence-corrected chi connectivity index (χ3v) is 1.79. The maximum atomic E-state index is 12.7. The molecule has 2 rings (SSSR count). The molecule has 0 unspecified atom stereocenters. The molecule has 0 saturated carbocycles. The van der Waals surface area contributed by atoms with Gasteiger partial charge >= 0.3 is 0 Å². The molecule has 0 aliphatic heterocycles. The second kappa shape index (κ2) is 3.71. The van der Waals surface area contributed by atoms with Gasteiger partial charge in [0, 0.05) is 11.1 Å².